The molecule has 0 atom stereocenters. The summed E-state index contributed by atoms with van der Waals surface area (Å²) in [6.07, 6.45) is 2.04. The molecule has 1 heterocycles. The zero-order chi connectivity index (χ0) is 9.97. The molecule has 0 spiro atoms. The van der Waals surface area contributed by atoms with Gasteiger partial charge in [0.25, 0.3) is 0 Å². The minimum Gasteiger partial charge on any atom is -0.508 e. The molecule has 3 heteroatoms. The Morgan fingerprint density at radius 3 is 2.86 bits per heavy atom. The van der Waals surface area contributed by atoms with Crippen LogP contribution < -0.4 is 5.32 Å². The molecule has 2 rings (SSSR count). The summed E-state index contributed by atoms with van der Waals surface area (Å²) in [5, 5.41) is 13.5. The minimum absolute atomic E-state index is 0.363. The Morgan fingerprint density at radius 1 is 1.43 bits per heavy atom. The van der Waals surface area contributed by atoms with Gasteiger partial charge in [0.2, 0.25) is 0 Å². The summed E-state index contributed by atoms with van der Waals surface area (Å²) in [6.45, 7) is 2.22. The third-order valence-electron chi connectivity index (χ3n) is 2.73. The third kappa shape index (κ3) is 2.20. The van der Waals surface area contributed by atoms with Gasteiger partial charge in [0.05, 0.1) is 0 Å². The molecule has 2 nitrogen and oxygen atoms in total. The number of halogens is 1. The van der Waals surface area contributed by atoms with Crippen molar-refractivity contribution in [2.75, 3.05) is 13.1 Å². The molecule has 0 radical (unpaired) electrons. The second-order valence-electron chi connectivity index (χ2n) is 3.84. The van der Waals surface area contributed by atoms with Crippen LogP contribution in [0.25, 0.3) is 0 Å². The molecule has 0 saturated carbocycles. The van der Waals surface area contributed by atoms with E-state index in [4.69, 9.17) is 11.6 Å². The first-order valence-electron chi connectivity index (χ1n) is 4.94. The van der Waals surface area contributed by atoms with Crippen molar-refractivity contribution >= 4 is 11.6 Å². The Bertz CT molecular complexity index is 323. The van der Waals surface area contributed by atoms with Gasteiger partial charge in [-0.3, -0.25) is 0 Å². The first-order chi connectivity index (χ1) is 6.75. The zero-order valence-corrected chi connectivity index (χ0v) is 8.72. The van der Waals surface area contributed by atoms with Crippen LogP contribution in [0, 0.1) is 5.92 Å². The Balaban J connectivity index is 1.96. The highest BCUT2D eigenvalue weighted by atomic mass is 35.5. The maximum absolute atomic E-state index is 9.56. The van der Waals surface area contributed by atoms with Crippen LogP contribution in [0.4, 0.5) is 0 Å². The van der Waals surface area contributed by atoms with E-state index in [-0.39, 0.29) is 0 Å². The highest BCUT2D eigenvalue weighted by Crippen LogP contribution is 2.24. The third-order valence-corrected chi connectivity index (χ3v) is 2.96. The van der Waals surface area contributed by atoms with Crippen LogP contribution >= 0.6 is 11.6 Å². The lowest BCUT2D eigenvalue weighted by Gasteiger charge is -2.27. The maximum Gasteiger partial charge on any atom is 0.118 e. The first kappa shape index (κ1) is 9.81. The van der Waals surface area contributed by atoms with Crippen LogP contribution in [0.15, 0.2) is 18.2 Å². The Morgan fingerprint density at radius 2 is 2.21 bits per heavy atom. The number of benzene rings is 1. The molecule has 0 amide bonds. The molecule has 1 aromatic carbocycles. The molecule has 1 fully saturated rings. The fraction of sp³-hybridized carbons (Fsp3) is 0.455. The zero-order valence-electron chi connectivity index (χ0n) is 7.96. The molecule has 0 aliphatic carbocycles. The van der Waals surface area contributed by atoms with Gasteiger partial charge in [0.1, 0.15) is 5.75 Å². The van der Waals surface area contributed by atoms with Crippen LogP contribution in [-0.2, 0) is 6.42 Å². The lowest BCUT2D eigenvalue weighted by atomic mass is 9.94. The van der Waals surface area contributed by atoms with E-state index in [2.05, 4.69) is 5.32 Å². The number of phenolic OH excluding ortho intramolecular Hbond substituents is 1. The minimum atomic E-state index is 0.363. The Labute approximate surface area is 88.9 Å². The van der Waals surface area contributed by atoms with Crippen LogP contribution in [0.5, 0.6) is 5.75 Å². The fourth-order valence-corrected chi connectivity index (χ4v) is 1.86. The van der Waals surface area contributed by atoms with Gasteiger partial charge in [0, 0.05) is 5.02 Å². The van der Waals surface area contributed by atoms with Crippen LogP contribution in [0.2, 0.25) is 5.02 Å². The van der Waals surface area contributed by atoms with Gasteiger partial charge in [-0.2, -0.15) is 0 Å². The van der Waals surface area contributed by atoms with Gasteiger partial charge in [-0.15, -0.1) is 0 Å². The molecular weight excluding hydrogens is 198 g/mol. The van der Waals surface area contributed by atoms with Crippen molar-refractivity contribution in [3.8, 4) is 5.75 Å². The fourth-order valence-electron chi connectivity index (χ4n) is 1.67. The largest absolute Gasteiger partial charge is 0.508 e. The molecule has 14 heavy (non-hydrogen) atoms. The molecule has 1 aromatic rings. The van der Waals surface area contributed by atoms with Gasteiger partial charge in [-0.05, 0) is 55.6 Å². The number of nitrogens with one attached hydrogen (secondary N) is 1. The Kier molecular flexibility index (Phi) is 2.94. The van der Waals surface area contributed by atoms with E-state index in [1.165, 1.54) is 0 Å². The predicted molar refractivity (Wildman–Crippen MR) is 57.8 cm³/mol. The van der Waals surface area contributed by atoms with Crippen molar-refractivity contribution in [2.45, 2.75) is 12.8 Å². The lowest BCUT2D eigenvalue weighted by molar-refractivity contribution is 0.326. The van der Waals surface area contributed by atoms with E-state index >= 15 is 0 Å². The average Bonchev–Trinajstić information content (AvgIpc) is 2.08. The van der Waals surface area contributed by atoms with Gasteiger partial charge >= 0.3 is 0 Å². The summed E-state index contributed by atoms with van der Waals surface area (Å²) >= 11 is 5.86. The van der Waals surface area contributed by atoms with E-state index in [0.29, 0.717) is 10.8 Å². The normalized spacial score (nSPS) is 16.6. The van der Waals surface area contributed by atoms with E-state index < -0.39 is 0 Å². The van der Waals surface area contributed by atoms with Crippen LogP contribution in [-0.4, -0.2) is 18.2 Å². The number of rotatable bonds is 3. The second kappa shape index (κ2) is 4.20. The standard InChI is InChI=1S/C11H14ClNO/c12-10-3-4-11(14)9(5-10)2-1-8-6-13-7-8/h3-5,8,13-14H,1-2,6-7H2. The highest BCUT2D eigenvalue weighted by Gasteiger charge is 2.16. The maximum atomic E-state index is 9.56. The molecule has 76 valence electrons. The number of phenols is 1. The summed E-state index contributed by atoms with van der Waals surface area (Å²) in [7, 11) is 0. The topological polar surface area (TPSA) is 32.3 Å². The van der Waals surface area contributed by atoms with E-state index in [1.54, 1.807) is 12.1 Å². The number of aryl methyl sites for hydroxylation is 1. The van der Waals surface area contributed by atoms with Crippen molar-refractivity contribution in [3.05, 3.63) is 28.8 Å². The van der Waals surface area contributed by atoms with Crippen LogP contribution in [0.1, 0.15) is 12.0 Å². The predicted octanol–water partition coefficient (Wildman–Crippen LogP) is 2.20. The number of hydrogen-bond acceptors (Lipinski definition) is 2. The van der Waals surface area contributed by atoms with Gasteiger partial charge in [0.15, 0.2) is 0 Å². The van der Waals surface area contributed by atoms with Crippen LogP contribution in [0.3, 0.4) is 0 Å². The summed E-state index contributed by atoms with van der Waals surface area (Å²) in [4.78, 5) is 0. The second-order valence-corrected chi connectivity index (χ2v) is 4.27. The quantitative estimate of drug-likeness (QED) is 0.804. The average molecular weight is 212 g/mol. The SMILES string of the molecule is Oc1ccc(Cl)cc1CCC1CNC1. The molecule has 1 aliphatic rings. The van der Waals surface area contributed by atoms with Crippen molar-refractivity contribution in [1.82, 2.24) is 5.32 Å². The van der Waals surface area contributed by atoms with E-state index in [1.807, 2.05) is 6.07 Å². The Hall–Kier alpha value is -0.730. The molecule has 1 aliphatic heterocycles. The molecular formula is C11H14ClNO. The van der Waals surface area contributed by atoms with Crippen molar-refractivity contribution in [3.63, 3.8) is 0 Å². The molecule has 1 saturated heterocycles. The van der Waals surface area contributed by atoms with Crippen molar-refractivity contribution in [2.24, 2.45) is 5.92 Å². The summed E-state index contributed by atoms with van der Waals surface area (Å²) < 4.78 is 0. The van der Waals surface area contributed by atoms with Gasteiger partial charge in [-0.25, -0.2) is 0 Å². The monoisotopic (exact) mass is 211 g/mol. The number of aromatic hydroxyl groups is 1. The van der Waals surface area contributed by atoms with Gasteiger partial charge < -0.3 is 10.4 Å². The van der Waals surface area contributed by atoms with Crippen molar-refractivity contribution < 1.29 is 5.11 Å². The van der Waals surface area contributed by atoms with Gasteiger partial charge in [-0.1, -0.05) is 11.6 Å². The summed E-state index contributed by atoms with van der Waals surface area (Å²) in [5.41, 5.74) is 0.962. The number of hydrogen-bond donors (Lipinski definition) is 2. The van der Waals surface area contributed by atoms with E-state index in [9.17, 15) is 5.11 Å². The first-order valence-corrected chi connectivity index (χ1v) is 5.31. The molecule has 0 unspecified atom stereocenters. The smallest absolute Gasteiger partial charge is 0.118 e. The van der Waals surface area contributed by atoms with E-state index in [0.717, 1.165) is 37.4 Å². The highest BCUT2D eigenvalue weighted by molar-refractivity contribution is 6.30. The summed E-state index contributed by atoms with van der Waals surface area (Å²) in [5.74, 6) is 1.13. The molecule has 0 aromatic heterocycles. The summed E-state index contributed by atoms with van der Waals surface area (Å²) in [6, 6.07) is 5.23. The molecule has 2 N–H and O–H groups in total. The van der Waals surface area contributed by atoms with Crippen molar-refractivity contribution in [1.29, 1.82) is 0 Å². The molecule has 0 bridgehead atoms. The lowest BCUT2D eigenvalue weighted by Crippen LogP contribution is -2.42.